The molecule has 0 aliphatic heterocycles. The molecule has 2 N–H and O–H groups in total. The molecule has 1 unspecified atom stereocenters. The number of hydrogen-bond acceptors (Lipinski definition) is 4. The Morgan fingerprint density at radius 1 is 1.06 bits per heavy atom. The average Bonchev–Trinajstić information content (AvgIpc) is 2.74. The molecule has 0 aliphatic carbocycles. The summed E-state index contributed by atoms with van der Waals surface area (Å²) in [5.41, 5.74) is 3.93. The Morgan fingerprint density at radius 2 is 1.75 bits per heavy atom. The molecule has 32 heavy (non-hydrogen) atoms. The zero-order valence-corrected chi connectivity index (χ0v) is 19.2. The minimum absolute atomic E-state index is 0.156. The highest BCUT2D eigenvalue weighted by Crippen LogP contribution is 2.19. The second kappa shape index (κ2) is 10.7. The van der Waals surface area contributed by atoms with Crippen LogP contribution in [0, 0.1) is 5.92 Å². The molecule has 168 valence electrons. The molecule has 0 aliphatic rings. The summed E-state index contributed by atoms with van der Waals surface area (Å²) in [7, 11) is -3.64. The first kappa shape index (κ1) is 23.9. The van der Waals surface area contributed by atoms with E-state index < -0.39 is 21.9 Å². The molecule has 6 nitrogen and oxygen atoms in total. The third-order valence-corrected chi connectivity index (χ3v) is 6.77. The molecule has 0 saturated carbocycles. The van der Waals surface area contributed by atoms with Gasteiger partial charge in [0.2, 0.25) is 10.0 Å². The number of carbonyl (C=O) groups is 1. The minimum Gasteiger partial charge on any atom is -0.481 e. The summed E-state index contributed by atoms with van der Waals surface area (Å²) in [6.45, 7) is 1.89. The van der Waals surface area contributed by atoms with Crippen molar-refractivity contribution >= 4 is 27.6 Å². The van der Waals surface area contributed by atoms with E-state index in [2.05, 4.69) is 9.71 Å². The highest BCUT2D eigenvalue weighted by molar-refractivity contribution is 7.89. The van der Waals surface area contributed by atoms with E-state index >= 15 is 0 Å². The Kier molecular flexibility index (Phi) is 8.01. The number of carboxylic acid groups (broad SMARTS) is 1. The maximum atomic E-state index is 12.5. The fourth-order valence-corrected chi connectivity index (χ4v) is 4.57. The summed E-state index contributed by atoms with van der Waals surface area (Å²) in [4.78, 5) is 15.6. The van der Waals surface area contributed by atoms with Crippen molar-refractivity contribution in [2.24, 2.45) is 5.92 Å². The lowest BCUT2D eigenvalue weighted by Crippen LogP contribution is -2.26. The van der Waals surface area contributed by atoms with Crippen molar-refractivity contribution in [1.82, 2.24) is 9.71 Å². The number of sulfonamides is 1. The van der Waals surface area contributed by atoms with Gasteiger partial charge in [0.05, 0.1) is 10.8 Å². The quantitative estimate of drug-likeness (QED) is 0.463. The monoisotopic (exact) mass is 472 g/mol. The van der Waals surface area contributed by atoms with Gasteiger partial charge in [-0.05, 0) is 71.8 Å². The second-order valence-electron chi connectivity index (χ2n) is 7.74. The highest BCUT2D eigenvalue weighted by atomic mass is 35.5. The van der Waals surface area contributed by atoms with Gasteiger partial charge in [0.25, 0.3) is 0 Å². The molecular weight excluding hydrogens is 448 g/mol. The first-order valence-electron chi connectivity index (χ1n) is 10.2. The summed E-state index contributed by atoms with van der Waals surface area (Å²) in [5, 5.41) is 9.75. The largest absolute Gasteiger partial charge is 0.481 e. The van der Waals surface area contributed by atoms with Crippen LogP contribution < -0.4 is 4.72 Å². The molecular formula is C24H25ClN2O4S. The van der Waals surface area contributed by atoms with Crippen LogP contribution in [0.3, 0.4) is 0 Å². The Hall–Kier alpha value is -2.74. The van der Waals surface area contributed by atoms with Crippen LogP contribution in [-0.4, -0.2) is 31.0 Å². The fraction of sp³-hybridized carbons (Fsp3) is 0.250. The number of halogens is 1. The Bertz CT molecular complexity index is 1170. The molecule has 0 radical (unpaired) electrons. The summed E-state index contributed by atoms with van der Waals surface area (Å²) in [6.07, 6.45) is 5.05. The standard InChI is InChI=1S/C24H25ClN2O4S/c1-17(24(28)29)11-20-12-18(13-21(15-20)14-19-3-2-9-26-16-19)8-10-27-32(30,31)23-6-4-22(25)5-7-23/h2-7,9,12-13,15-17,27H,8,10-11,14H2,1H3,(H,28,29). The van der Waals surface area contributed by atoms with Gasteiger partial charge in [-0.25, -0.2) is 13.1 Å². The van der Waals surface area contributed by atoms with Crippen LogP contribution in [-0.2, 0) is 34.1 Å². The van der Waals surface area contributed by atoms with Gasteiger partial charge in [0, 0.05) is 24.0 Å². The first-order chi connectivity index (χ1) is 15.2. The van der Waals surface area contributed by atoms with Crippen molar-refractivity contribution in [1.29, 1.82) is 0 Å². The van der Waals surface area contributed by atoms with Crippen LogP contribution in [0.15, 0.2) is 71.9 Å². The summed E-state index contributed by atoms with van der Waals surface area (Å²) in [5.74, 6) is -1.36. The number of nitrogens with one attached hydrogen (secondary N) is 1. The van der Waals surface area contributed by atoms with E-state index in [4.69, 9.17) is 11.6 Å². The van der Waals surface area contributed by atoms with E-state index in [9.17, 15) is 18.3 Å². The maximum absolute atomic E-state index is 12.5. The van der Waals surface area contributed by atoms with E-state index in [1.54, 1.807) is 19.3 Å². The number of carboxylic acids is 1. The Labute approximate surface area is 193 Å². The lowest BCUT2D eigenvalue weighted by Gasteiger charge is -2.13. The van der Waals surface area contributed by atoms with Crippen molar-refractivity contribution in [2.45, 2.75) is 31.1 Å². The number of pyridine rings is 1. The van der Waals surface area contributed by atoms with Crippen LogP contribution >= 0.6 is 11.6 Å². The van der Waals surface area contributed by atoms with E-state index in [1.807, 2.05) is 30.3 Å². The first-order valence-corrected chi connectivity index (χ1v) is 12.1. The van der Waals surface area contributed by atoms with Crippen LogP contribution in [0.2, 0.25) is 5.02 Å². The summed E-state index contributed by atoms with van der Waals surface area (Å²) < 4.78 is 27.6. The molecule has 1 heterocycles. The second-order valence-corrected chi connectivity index (χ2v) is 9.94. The molecule has 8 heteroatoms. The maximum Gasteiger partial charge on any atom is 0.306 e. The van der Waals surface area contributed by atoms with Gasteiger partial charge in [0.1, 0.15) is 0 Å². The Morgan fingerprint density at radius 3 is 2.41 bits per heavy atom. The smallest absolute Gasteiger partial charge is 0.306 e. The lowest BCUT2D eigenvalue weighted by molar-refractivity contribution is -0.141. The third-order valence-electron chi connectivity index (χ3n) is 5.04. The Balaban J connectivity index is 1.75. The molecule has 2 aromatic carbocycles. The molecule has 1 atom stereocenters. The molecule has 3 rings (SSSR count). The predicted octanol–water partition coefficient (Wildman–Crippen LogP) is 4.11. The molecule has 0 fully saturated rings. The molecule has 0 spiro atoms. The molecule has 0 amide bonds. The number of aliphatic carboxylic acids is 1. The van der Waals surface area contributed by atoms with Gasteiger partial charge >= 0.3 is 5.97 Å². The predicted molar refractivity (Wildman–Crippen MR) is 124 cm³/mol. The molecule has 1 aromatic heterocycles. The topological polar surface area (TPSA) is 96.4 Å². The van der Waals surface area contributed by atoms with Crippen LogP contribution in [0.5, 0.6) is 0 Å². The minimum atomic E-state index is -3.64. The summed E-state index contributed by atoms with van der Waals surface area (Å²) in [6, 6.07) is 15.8. The zero-order chi connectivity index (χ0) is 23.1. The van der Waals surface area contributed by atoms with Crippen molar-refractivity contribution in [2.75, 3.05) is 6.54 Å². The summed E-state index contributed by atoms with van der Waals surface area (Å²) >= 11 is 5.83. The fourth-order valence-electron chi connectivity index (χ4n) is 3.41. The number of nitrogens with zero attached hydrogens (tertiary/aromatic N) is 1. The van der Waals surface area contributed by atoms with Gasteiger partial charge in [-0.2, -0.15) is 0 Å². The third kappa shape index (κ3) is 6.88. The normalized spacial score (nSPS) is 12.4. The van der Waals surface area contributed by atoms with Gasteiger partial charge in [-0.3, -0.25) is 9.78 Å². The van der Waals surface area contributed by atoms with Crippen LogP contribution in [0.4, 0.5) is 0 Å². The van der Waals surface area contributed by atoms with Gasteiger partial charge in [-0.15, -0.1) is 0 Å². The molecule has 0 bridgehead atoms. The number of rotatable bonds is 10. The van der Waals surface area contributed by atoms with Gasteiger partial charge in [-0.1, -0.05) is 42.8 Å². The van der Waals surface area contributed by atoms with Gasteiger partial charge in [0.15, 0.2) is 0 Å². The van der Waals surface area contributed by atoms with Gasteiger partial charge < -0.3 is 5.11 Å². The van der Waals surface area contributed by atoms with E-state index in [1.165, 1.54) is 24.3 Å². The SMILES string of the molecule is CC(Cc1cc(CCNS(=O)(=O)c2ccc(Cl)cc2)cc(Cc2cccnc2)c1)C(=O)O. The van der Waals surface area contributed by atoms with E-state index in [-0.39, 0.29) is 11.4 Å². The van der Waals surface area contributed by atoms with E-state index in [0.717, 1.165) is 22.3 Å². The van der Waals surface area contributed by atoms with Crippen molar-refractivity contribution in [3.05, 3.63) is 94.3 Å². The average molecular weight is 473 g/mol. The van der Waals surface area contributed by atoms with E-state index in [0.29, 0.717) is 24.3 Å². The number of aromatic nitrogens is 1. The lowest BCUT2D eigenvalue weighted by atomic mass is 9.94. The number of benzene rings is 2. The number of hydrogen-bond donors (Lipinski definition) is 2. The molecule has 3 aromatic rings. The zero-order valence-electron chi connectivity index (χ0n) is 17.7. The highest BCUT2D eigenvalue weighted by Gasteiger charge is 2.15. The van der Waals surface area contributed by atoms with Crippen molar-refractivity contribution < 1.29 is 18.3 Å². The van der Waals surface area contributed by atoms with Crippen LogP contribution in [0.1, 0.15) is 29.2 Å². The van der Waals surface area contributed by atoms with Crippen LogP contribution in [0.25, 0.3) is 0 Å². The van der Waals surface area contributed by atoms with Crippen molar-refractivity contribution in [3.8, 4) is 0 Å². The molecule has 0 saturated heterocycles. The van der Waals surface area contributed by atoms with Crippen molar-refractivity contribution in [3.63, 3.8) is 0 Å².